The summed E-state index contributed by atoms with van der Waals surface area (Å²) in [7, 11) is 4.51. The van der Waals surface area contributed by atoms with E-state index in [1.165, 1.54) is 29.4 Å². The minimum Gasteiger partial charge on any atom is -0.744 e. The first-order chi connectivity index (χ1) is 14.2. The highest BCUT2D eigenvalue weighted by Crippen LogP contribution is 2.23. The Hall–Kier alpha value is -4.01. The van der Waals surface area contributed by atoms with Crippen LogP contribution >= 0.6 is 0 Å². The van der Waals surface area contributed by atoms with Gasteiger partial charge in [0.25, 0.3) is 5.56 Å². The molecule has 0 unspecified atom stereocenters. The van der Waals surface area contributed by atoms with Crippen molar-refractivity contribution in [1.82, 2.24) is 29.4 Å². The standard InChI is InChI=1S/C16H18N9O5/c1-22-11-12(23(2)16(27)24(3)13(11)26)19-15(22)30-10-6-4-5-9(7-10)8-18-20-14(17)21-25(28)29/h4-8,28H,1-3H3,(H3,17,20,21)/q-1/b18-8+. The first kappa shape index (κ1) is 20.7. The molecule has 0 spiro atoms. The summed E-state index contributed by atoms with van der Waals surface area (Å²) in [6.07, 6.45) is 1.34. The van der Waals surface area contributed by atoms with Gasteiger partial charge >= 0.3 is 11.7 Å². The summed E-state index contributed by atoms with van der Waals surface area (Å²) in [6, 6.07) is 6.78. The molecule has 158 valence electrons. The molecule has 3 rings (SSSR count). The fourth-order valence-corrected chi connectivity index (χ4v) is 2.63. The highest BCUT2D eigenvalue weighted by molar-refractivity contribution is 5.82. The van der Waals surface area contributed by atoms with Gasteiger partial charge in [0.05, 0.1) is 6.21 Å². The van der Waals surface area contributed by atoms with Gasteiger partial charge in [-0.2, -0.15) is 15.4 Å². The Morgan fingerprint density at radius 3 is 2.73 bits per heavy atom. The molecule has 1 aromatic carbocycles. The lowest BCUT2D eigenvalue weighted by atomic mass is 10.2. The first-order valence-electron chi connectivity index (χ1n) is 8.38. The molecule has 4 N–H and O–H groups in total. The summed E-state index contributed by atoms with van der Waals surface area (Å²) in [4.78, 5) is 28.8. The zero-order valence-electron chi connectivity index (χ0n) is 16.2. The van der Waals surface area contributed by atoms with Crippen LogP contribution in [0, 0.1) is 5.21 Å². The van der Waals surface area contributed by atoms with Crippen molar-refractivity contribution in [2.45, 2.75) is 0 Å². The SMILES string of the molecule is Cn1c(=O)c2c(nc(Oc3cccc(/C=N/N=C(N)NN([O-])O)c3)n2C)n(C)c1=O. The molecule has 14 heteroatoms. The Balaban J connectivity index is 1.90. The van der Waals surface area contributed by atoms with E-state index in [9.17, 15) is 14.8 Å². The van der Waals surface area contributed by atoms with Gasteiger partial charge in [0.15, 0.2) is 11.2 Å². The number of benzene rings is 1. The number of hydrogen-bond donors (Lipinski definition) is 3. The maximum Gasteiger partial charge on any atom is 0.332 e. The van der Waals surface area contributed by atoms with Crippen LogP contribution in [-0.2, 0) is 21.1 Å². The van der Waals surface area contributed by atoms with E-state index in [0.29, 0.717) is 11.3 Å². The van der Waals surface area contributed by atoms with Crippen LogP contribution in [-0.4, -0.2) is 41.4 Å². The summed E-state index contributed by atoms with van der Waals surface area (Å²) in [6.45, 7) is 0. The number of guanidine groups is 1. The highest BCUT2D eigenvalue weighted by atomic mass is 16.8. The molecule has 0 aliphatic rings. The lowest BCUT2D eigenvalue weighted by Crippen LogP contribution is -2.40. The second-order valence-corrected chi connectivity index (χ2v) is 6.12. The molecule has 2 heterocycles. The number of hydrazine groups is 1. The van der Waals surface area contributed by atoms with Crippen LogP contribution in [0.4, 0.5) is 0 Å². The van der Waals surface area contributed by atoms with Gasteiger partial charge < -0.3 is 20.9 Å². The van der Waals surface area contributed by atoms with Crippen molar-refractivity contribution >= 4 is 23.3 Å². The number of fused-ring (bicyclic) bond motifs is 1. The van der Waals surface area contributed by atoms with Crippen molar-refractivity contribution in [3.05, 3.63) is 55.9 Å². The first-order valence-corrected chi connectivity index (χ1v) is 8.38. The number of aryl methyl sites for hydroxylation is 2. The van der Waals surface area contributed by atoms with E-state index in [1.807, 2.05) is 0 Å². The van der Waals surface area contributed by atoms with Gasteiger partial charge in [-0.25, -0.2) is 4.79 Å². The molecule has 0 aliphatic heterocycles. The Morgan fingerprint density at radius 1 is 1.30 bits per heavy atom. The van der Waals surface area contributed by atoms with E-state index in [1.54, 1.807) is 36.7 Å². The van der Waals surface area contributed by atoms with Gasteiger partial charge in [-0.1, -0.05) is 12.1 Å². The van der Waals surface area contributed by atoms with Crippen molar-refractivity contribution in [2.24, 2.45) is 37.1 Å². The third-order valence-corrected chi connectivity index (χ3v) is 4.08. The predicted molar refractivity (Wildman–Crippen MR) is 107 cm³/mol. The third kappa shape index (κ3) is 4.04. The number of nitrogens with zero attached hydrogens (tertiary/aromatic N) is 7. The zero-order chi connectivity index (χ0) is 22.0. The molecular formula is C16H18N9O5-. The fourth-order valence-electron chi connectivity index (χ4n) is 2.63. The quantitative estimate of drug-likeness (QED) is 0.270. The average Bonchev–Trinajstić information content (AvgIpc) is 3.01. The van der Waals surface area contributed by atoms with Crippen molar-refractivity contribution in [2.75, 3.05) is 0 Å². The average molecular weight is 416 g/mol. The molecule has 30 heavy (non-hydrogen) atoms. The number of ether oxygens (including phenoxy) is 1. The number of nitrogens with two attached hydrogens (primary N) is 1. The van der Waals surface area contributed by atoms with E-state index >= 15 is 0 Å². The largest absolute Gasteiger partial charge is 0.744 e. The summed E-state index contributed by atoms with van der Waals surface area (Å²) in [5.41, 5.74) is 7.10. The number of hydrogen-bond acceptors (Lipinski definition) is 9. The number of aromatic nitrogens is 4. The number of rotatable bonds is 5. The van der Waals surface area contributed by atoms with Crippen LogP contribution in [0.15, 0.2) is 44.1 Å². The third-order valence-electron chi connectivity index (χ3n) is 4.08. The van der Waals surface area contributed by atoms with Crippen LogP contribution in [0.25, 0.3) is 11.2 Å². The maximum absolute atomic E-state index is 12.4. The second kappa shape index (κ2) is 8.16. The molecule has 0 saturated heterocycles. The Labute approximate surface area is 168 Å². The normalized spacial score (nSPS) is 12.3. The van der Waals surface area contributed by atoms with E-state index in [0.717, 1.165) is 4.57 Å². The van der Waals surface area contributed by atoms with Crippen molar-refractivity contribution in [3.8, 4) is 11.8 Å². The van der Waals surface area contributed by atoms with E-state index in [-0.39, 0.29) is 17.2 Å². The van der Waals surface area contributed by atoms with Gasteiger partial charge in [-0.15, -0.1) is 5.10 Å². The lowest BCUT2D eigenvalue weighted by Gasteiger charge is -2.19. The van der Waals surface area contributed by atoms with Crippen LogP contribution < -0.4 is 27.1 Å². The zero-order valence-corrected chi connectivity index (χ0v) is 16.2. The fraction of sp³-hybridized carbons (Fsp3) is 0.188. The van der Waals surface area contributed by atoms with Crippen LogP contribution in [0.5, 0.6) is 11.8 Å². The van der Waals surface area contributed by atoms with Gasteiger partial charge in [-0.05, 0) is 17.7 Å². The molecule has 0 bridgehead atoms. The van der Waals surface area contributed by atoms with E-state index < -0.39 is 22.5 Å². The summed E-state index contributed by atoms with van der Waals surface area (Å²) >= 11 is 0. The Bertz CT molecular complexity index is 1270. The smallest absolute Gasteiger partial charge is 0.332 e. The molecule has 2 aromatic heterocycles. The molecule has 0 aliphatic carbocycles. The monoisotopic (exact) mass is 416 g/mol. The number of imidazole rings is 1. The van der Waals surface area contributed by atoms with Gasteiger partial charge in [0, 0.05) is 21.1 Å². The number of nitrogens with one attached hydrogen (secondary N) is 1. The Morgan fingerprint density at radius 2 is 2.03 bits per heavy atom. The van der Waals surface area contributed by atoms with Crippen molar-refractivity contribution in [3.63, 3.8) is 0 Å². The lowest BCUT2D eigenvalue weighted by molar-refractivity contribution is -0.0680. The summed E-state index contributed by atoms with van der Waals surface area (Å²) in [5.74, 6) is -0.0293. The van der Waals surface area contributed by atoms with Crippen LogP contribution in [0.2, 0.25) is 0 Å². The molecule has 3 aromatic rings. The Kier molecular flexibility index (Phi) is 5.63. The minimum absolute atomic E-state index is 0.113. The topological polar surface area (TPSA) is 180 Å². The van der Waals surface area contributed by atoms with Crippen LogP contribution in [0.1, 0.15) is 5.56 Å². The molecule has 0 atom stereocenters. The summed E-state index contributed by atoms with van der Waals surface area (Å²) < 4.78 is 9.49. The summed E-state index contributed by atoms with van der Waals surface area (Å²) in [5, 5.41) is 25.4. The van der Waals surface area contributed by atoms with Crippen molar-refractivity contribution in [1.29, 1.82) is 0 Å². The van der Waals surface area contributed by atoms with Gasteiger partial charge in [0.2, 0.25) is 5.96 Å². The molecule has 14 nitrogen and oxygen atoms in total. The molecular weight excluding hydrogens is 398 g/mol. The predicted octanol–water partition coefficient (Wildman–Crippen LogP) is -0.895. The van der Waals surface area contributed by atoms with Crippen LogP contribution in [0.3, 0.4) is 0 Å². The maximum atomic E-state index is 12.4. The molecule has 0 amide bonds. The van der Waals surface area contributed by atoms with E-state index in [2.05, 4.69) is 15.2 Å². The van der Waals surface area contributed by atoms with Gasteiger partial charge in [-0.3, -0.25) is 23.9 Å². The van der Waals surface area contributed by atoms with Crippen molar-refractivity contribution < 1.29 is 9.94 Å². The highest BCUT2D eigenvalue weighted by Gasteiger charge is 2.18. The van der Waals surface area contributed by atoms with Gasteiger partial charge in [0.1, 0.15) is 5.75 Å². The molecule has 0 saturated carbocycles. The minimum atomic E-state index is -0.608. The van der Waals surface area contributed by atoms with E-state index in [4.69, 9.17) is 15.7 Å². The molecule has 0 fully saturated rings. The second-order valence-electron chi connectivity index (χ2n) is 6.12. The molecule has 0 radical (unpaired) electrons.